The number of carbonyl (C=O) groups excluding carboxylic acids is 1. The highest BCUT2D eigenvalue weighted by Crippen LogP contribution is 2.20. The summed E-state index contributed by atoms with van der Waals surface area (Å²) in [5.41, 5.74) is 5.22. The lowest BCUT2D eigenvalue weighted by Gasteiger charge is -2.30. The van der Waals surface area contributed by atoms with Gasteiger partial charge in [0.15, 0.2) is 5.69 Å². The van der Waals surface area contributed by atoms with Crippen LogP contribution in [-0.2, 0) is 11.3 Å². The maximum absolute atomic E-state index is 13.3. The molecule has 2 rings (SSSR count). The summed E-state index contributed by atoms with van der Waals surface area (Å²) >= 11 is 0. The number of anilines is 2. The fraction of sp³-hybridized carbons (Fsp3) is 0.762. The molecule has 164 valence electrons. The maximum atomic E-state index is 13.3. The van der Waals surface area contributed by atoms with Crippen LogP contribution in [0.1, 0.15) is 59.8 Å². The first-order chi connectivity index (χ1) is 13.7. The molecule has 1 aliphatic heterocycles. The van der Waals surface area contributed by atoms with Crippen molar-refractivity contribution in [1.29, 1.82) is 0 Å². The Kier molecular flexibility index (Phi) is 8.49. The van der Waals surface area contributed by atoms with E-state index in [4.69, 9.17) is 5.73 Å². The summed E-state index contributed by atoms with van der Waals surface area (Å²) in [4.78, 5) is 44.2. The molecule has 1 aromatic heterocycles. The number of hydrogen-bond donors (Lipinski definition) is 2. The van der Waals surface area contributed by atoms with Crippen molar-refractivity contribution >= 4 is 17.4 Å². The quantitative estimate of drug-likeness (QED) is 0.720. The number of carbonyl (C=O) groups is 1. The Morgan fingerprint density at radius 1 is 1.03 bits per heavy atom. The average molecular weight is 408 g/mol. The van der Waals surface area contributed by atoms with Crippen molar-refractivity contribution in [2.45, 2.75) is 66.3 Å². The van der Waals surface area contributed by atoms with Gasteiger partial charge in [-0.25, -0.2) is 4.79 Å². The summed E-state index contributed by atoms with van der Waals surface area (Å²) in [6.45, 7) is 10.7. The van der Waals surface area contributed by atoms with Crippen LogP contribution in [0, 0.1) is 11.8 Å². The van der Waals surface area contributed by atoms with Crippen LogP contribution in [0.15, 0.2) is 9.59 Å². The van der Waals surface area contributed by atoms with E-state index in [2.05, 4.69) is 9.88 Å². The Hall–Kier alpha value is -2.09. The predicted octanol–water partition coefficient (Wildman–Crippen LogP) is 2.03. The van der Waals surface area contributed by atoms with Gasteiger partial charge in [0.1, 0.15) is 5.82 Å². The Morgan fingerprint density at radius 3 is 2.17 bits per heavy atom. The third-order valence-corrected chi connectivity index (χ3v) is 5.19. The van der Waals surface area contributed by atoms with E-state index in [0.717, 1.165) is 25.9 Å². The Bertz CT molecular complexity index is 788. The second-order valence-corrected chi connectivity index (χ2v) is 8.94. The first kappa shape index (κ1) is 23.2. The highest BCUT2D eigenvalue weighted by molar-refractivity contribution is 5.96. The second-order valence-electron chi connectivity index (χ2n) is 8.94. The molecule has 0 aromatic carbocycles. The van der Waals surface area contributed by atoms with Crippen LogP contribution in [0.25, 0.3) is 0 Å². The van der Waals surface area contributed by atoms with Crippen molar-refractivity contribution < 1.29 is 4.79 Å². The van der Waals surface area contributed by atoms with Crippen LogP contribution in [0.3, 0.4) is 0 Å². The van der Waals surface area contributed by atoms with Crippen molar-refractivity contribution in [2.24, 2.45) is 11.8 Å². The van der Waals surface area contributed by atoms with E-state index >= 15 is 0 Å². The summed E-state index contributed by atoms with van der Waals surface area (Å²) in [6, 6.07) is 0. The molecule has 0 saturated carbocycles. The van der Waals surface area contributed by atoms with Gasteiger partial charge in [-0.05, 0) is 37.8 Å². The van der Waals surface area contributed by atoms with Crippen molar-refractivity contribution in [3.63, 3.8) is 0 Å². The minimum absolute atomic E-state index is 0.0640. The minimum Gasteiger partial charge on any atom is -0.383 e. The standard InChI is InChI=1S/C21H37N5O3/c1-15(2)12-25(17(27)14-24-10-8-6-5-7-9-11-24)18-19(22)26(13-16(3)4)21(29)23-20(18)28/h15-16H,5-14,22H2,1-4H3,(H,23,28,29). The van der Waals surface area contributed by atoms with Crippen molar-refractivity contribution in [3.8, 4) is 0 Å². The van der Waals surface area contributed by atoms with Crippen LogP contribution in [0.4, 0.5) is 11.5 Å². The van der Waals surface area contributed by atoms with Gasteiger partial charge in [-0.3, -0.25) is 24.0 Å². The summed E-state index contributed by atoms with van der Waals surface area (Å²) in [5, 5.41) is 0. The fourth-order valence-corrected chi connectivity index (χ4v) is 3.82. The monoisotopic (exact) mass is 407 g/mol. The molecule has 0 spiro atoms. The highest BCUT2D eigenvalue weighted by atomic mass is 16.2. The van der Waals surface area contributed by atoms with E-state index < -0.39 is 11.2 Å². The van der Waals surface area contributed by atoms with Crippen LogP contribution >= 0.6 is 0 Å². The molecule has 8 nitrogen and oxygen atoms in total. The summed E-state index contributed by atoms with van der Waals surface area (Å²) < 4.78 is 1.36. The zero-order valence-corrected chi connectivity index (χ0v) is 18.4. The normalized spacial score (nSPS) is 16.1. The Balaban J connectivity index is 2.37. The van der Waals surface area contributed by atoms with E-state index in [1.807, 2.05) is 27.7 Å². The van der Waals surface area contributed by atoms with Gasteiger partial charge in [-0.15, -0.1) is 0 Å². The van der Waals surface area contributed by atoms with Crippen molar-refractivity contribution in [2.75, 3.05) is 36.8 Å². The molecular formula is C21H37N5O3. The molecule has 0 radical (unpaired) electrons. The topological polar surface area (TPSA) is 104 Å². The second kappa shape index (κ2) is 10.6. The van der Waals surface area contributed by atoms with E-state index in [-0.39, 0.29) is 35.8 Å². The number of hydrogen-bond acceptors (Lipinski definition) is 5. The number of amides is 1. The molecule has 1 amide bonds. The molecule has 2 heterocycles. The maximum Gasteiger partial charge on any atom is 0.330 e. The molecule has 1 aromatic rings. The Morgan fingerprint density at radius 2 is 1.62 bits per heavy atom. The van der Waals surface area contributed by atoms with Crippen LogP contribution in [-0.4, -0.2) is 46.5 Å². The molecule has 0 aliphatic carbocycles. The van der Waals surface area contributed by atoms with Gasteiger partial charge in [0.05, 0.1) is 6.54 Å². The third kappa shape index (κ3) is 6.45. The van der Waals surface area contributed by atoms with Gasteiger partial charge < -0.3 is 10.6 Å². The first-order valence-electron chi connectivity index (χ1n) is 10.9. The van der Waals surface area contributed by atoms with Crippen LogP contribution in [0.5, 0.6) is 0 Å². The van der Waals surface area contributed by atoms with Gasteiger partial charge in [0.2, 0.25) is 5.91 Å². The lowest BCUT2D eigenvalue weighted by molar-refractivity contribution is -0.120. The lowest BCUT2D eigenvalue weighted by atomic mass is 10.1. The number of likely N-dealkylation sites (tertiary alicyclic amines) is 1. The summed E-state index contributed by atoms with van der Waals surface area (Å²) in [5.74, 6) is 0.236. The first-order valence-corrected chi connectivity index (χ1v) is 10.9. The average Bonchev–Trinajstić information content (AvgIpc) is 2.59. The van der Waals surface area contributed by atoms with Crippen LogP contribution < -0.4 is 21.9 Å². The molecule has 8 heteroatoms. The third-order valence-electron chi connectivity index (χ3n) is 5.19. The van der Waals surface area contributed by atoms with Crippen LogP contribution in [0.2, 0.25) is 0 Å². The van der Waals surface area contributed by atoms with Crippen molar-refractivity contribution in [1.82, 2.24) is 14.5 Å². The van der Waals surface area contributed by atoms with Gasteiger partial charge >= 0.3 is 5.69 Å². The molecule has 1 saturated heterocycles. The molecule has 1 fully saturated rings. The SMILES string of the molecule is CC(C)CN(C(=O)CN1CCCCCCC1)c1c(N)n(CC(C)C)c(=O)[nH]c1=O. The lowest BCUT2D eigenvalue weighted by Crippen LogP contribution is -2.47. The van der Waals surface area contributed by atoms with E-state index in [1.54, 1.807) is 0 Å². The molecule has 29 heavy (non-hydrogen) atoms. The zero-order valence-electron chi connectivity index (χ0n) is 18.4. The van der Waals surface area contributed by atoms with Gasteiger partial charge in [-0.1, -0.05) is 47.0 Å². The Labute approximate surface area is 173 Å². The number of nitrogens with two attached hydrogens (primary N) is 1. The van der Waals surface area contributed by atoms with E-state index in [0.29, 0.717) is 13.1 Å². The zero-order chi connectivity index (χ0) is 21.6. The van der Waals surface area contributed by atoms with Gasteiger partial charge in [0, 0.05) is 13.1 Å². The number of nitrogen functional groups attached to an aromatic ring is 1. The smallest absolute Gasteiger partial charge is 0.330 e. The van der Waals surface area contributed by atoms with Crippen molar-refractivity contribution in [3.05, 3.63) is 20.8 Å². The van der Waals surface area contributed by atoms with E-state index in [1.165, 1.54) is 28.7 Å². The molecule has 3 N–H and O–H groups in total. The molecule has 0 unspecified atom stereocenters. The molecule has 1 aliphatic rings. The number of aromatic nitrogens is 2. The van der Waals surface area contributed by atoms with E-state index in [9.17, 15) is 14.4 Å². The molecular weight excluding hydrogens is 370 g/mol. The minimum atomic E-state index is -0.603. The number of H-pyrrole nitrogens is 1. The highest BCUT2D eigenvalue weighted by Gasteiger charge is 2.26. The number of nitrogens with one attached hydrogen (secondary N) is 1. The molecule has 0 atom stereocenters. The number of rotatable bonds is 7. The largest absolute Gasteiger partial charge is 0.383 e. The van der Waals surface area contributed by atoms with Gasteiger partial charge in [0.25, 0.3) is 5.56 Å². The fourth-order valence-electron chi connectivity index (χ4n) is 3.82. The predicted molar refractivity (Wildman–Crippen MR) is 117 cm³/mol. The van der Waals surface area contributed by atoms with Gasteiger partial charge in [-0.2, -0.15) is 0 Å². The molecule has 0 bridgehead atoms. The summed E-state index contributed by atoms with van der Waals surface area (Å²) in [7, 11) is 0. The number of aromatic amines is 1. The summed E-state index contributed by atoms with van der Waals surface area (Å²) in [6.07, 6.45) is 5.80. The number of nitrogens with zero attached hydrogens (tertiary/aromatic N) is 3.